The molecule has 0 aliphatic carbocycles. The van der Waals surface area contributed by atoms with E-state index in [9.17, 15) is 13.2 Å². The lowest BCUT2D eigenvalue weighted by Gasteiger charge is -2.16. The van der Waals surface area contributed by atoms with Crippen LogP contribution in [0.15, 0.2) is 71.6 Å². The molecule has 0 fully saturated rings. The van der Waals surface area contributed by atoms with E-state index >= 15 is 0 Å². The van der Waals surface area contributed by atoms with Gasteiger partial charge in [-0.05, 0) is 68.4 Å². The second-order valence-corrected chi connectivity index (χ2v) is 9.56. The molecule has 0 radical (unpaired) electrons. The van der Waals surface area contributed by atoms with Gasteiger partial charge in [0.05, 0.1) is 28.6 Å². The maximum absolute atomic E-state index is 12.8. The number of rotatable bonds is 9. The Bertz CT molecular complexity index is 1210. The lowest BCUT2D eigenvalue weighted by Crippen LogP contribution is -2.37. The van der Waals surface area contributed by atoms with Crippen molar-refractivity contribution >= 4 is 33.2 Å². The van der Waals surface area contributed by atoms with Crippen molar-refractivity contribution in [3.8, 4) is 11.5 Å². The van der Waals surface area contributed by atoms with Gasteiger partial charge in [0.1, 0.15) is 18.1 Å². The fourth-order valence-electron chi connectivity index (χ4n) is 2.93. The molecule has 0 heterocycles. The predicted molar refractivity (Wildman–Crippen MR) is 129 cm³/mol. The first-order chi connectivity index (χ1) is 15.7. The standard InChI is InChI=1S/C24H25ClN2O5S/c1-16-4-11-21(12-5-16)33(29,30)27-18-6-13-23(25)22(14-18)24(28)26-17(2)15-32-20-9-7-19(31-3)8-10-20/h4-14,17,27H,15H2,1-3H3,(H,26,28)/t17-/m1/s1. The summed E-state index contributed by atoms with van der Waals surface area (Å²) < 4.78 is 38.6. The molecule has 7 nitrogen and oxygen atoms in total. The van der Waals surface area contributed by atoms with Crippen LogP contribution >= 0.6 is 11.6 Å². The molecule has 174 valence electrons. The molecule has 3 aromatic carbocycles. The van der Waals surface area contributed by atoms with Crippen molar-refractivity contribution in [3.63, 3.8) is 0 Å². The Labute approximate surface area is 198 Å². The molecule has 0 saturated carbocycles. The number of carbonyl (C=O) groups is 1. The summed E-state index contributed by atoms with van der Waals surface area (Å²) in [5.74, 6) is 0.917. The van der Waals surface area contributed by atoms with Crippen molar-refractivity contribution in [1.82, 2.24) is 5.32 Å². The zero-order chi connectivity index (χ0) is 24.0. The Morgan fingerprint density at radius 2 is 1.64 bits per heavy atom. The van der Waals surface area contributed by atoms with E-state index in [-0.39, 0.29) is 33.8 Å². The van der Waals surface area contributed by atoms with Crippen LogP contribution in [0.1, 0.15) is 22.8 Å². The number of anilines is 1. The minimum atomic E-state index is -3.81. The number of methoxy groups -OCH3 is 1. The third-order valence-corrected chi connectivity index (χ3v) is 6.46. The van der Waals surface area contributed by atoms with Crippen molar-refractivity contribution < 1.29 is 22.7 Å². The van der Waals surface area contributed by atoms with Crippen LogP contribution in [-0.4, -0.2) is 34.1 Å². The Morgan fingerprint density at radius 3 is 2.27 bits per heavy atom. The summed E-state index contributed by atoms with van der Waals surface area (Å²) >= 11 is 6.20. The molecule has 1 amide bonds. The van der Waals surface area contributed by atoms with E-state index < -0.39 is 15.9 Å². The molecule has 0 aliphatic heterocycles. The van der Waals surface area contributed by atoms with E-state index in [1.807, 2.05) is 6.92 Å². The average molecular weight is 489 g/mol. The Morgan fingerprint density at radius 1 is 1.00 bits per heavy atom. The van der Waals surface area contributed by atoms with Crippen LogP contribution in [0.3, 0.4) is 0 Å². The van der Waals surface area contributed by atoms with Crippen LogP contribution in [-0.2, 0) is 10.0 Å². The van der Waals surface area contributed by atoms with Gasteiger partial charge in [0, 0.05) is 5.69 Å². The molecule has 1 atom stereocenters. The molecule has 0 unspecified atom stereocenters. The van der Waals surface area contributed by atoms with Crippen molar-refractivity contribution in [2.75, 3.05) is 18.4 Å². The SMILES string of the molecule is COc1ccc(OC[C@@H](C)NC(=O)c2cc(NS(=O)(=O)c3ccc(C)cc3)ccc2Cl)cc1. The van der Waals surface area contributed by atoms with Gasteiger partial charge in [-0.1, -0.05) is 29.3 Å². The fourth-order valence-corrected chi connectivity index (χ4v) is 4.18. The van der Waals surface area contributed by atoms with Gasteiger partial charge >= 0.3 is 0 Å². The second-order valence-electron chi connectivity index (χ2n) is 7.47. The normalized spacial score (nSPS) is 12.0. The van der Waals surface area contributed by atoms with Crippen LogP contribution < -0.4 is 19.5 Å². The molecule has 33 heavy (non-hydrogen) atoms. The van der Waals surface area contributed by atoms with Crippen LogP contribution in [0, 0.1) is 6.92 Å². The maximum Gasteiger partial charge on any atom is 0.261 e. The minimum absolute atomic E-state index is 0.123. The number of sulfonamides is 1. The number of ether oxygens (including phenoxy) is 2. The van der Waals surface area contributed by atoms with Gasteiger partial charge < -0.3 is 14.8 Å². The topological polar surface area (TPSA) is 93.7 Å². The fraction of sp³-hybridized carbons (Fsp3) is 0.208. The smallest absolute Gasteiger partial charge is 0.261 e. The molecule has 0 saturated heterocycles. The van der Waals surface area contributed by atoms with Gasteiger partial charge in [0.2, 0.25) is 0 Å². The molecule has 3 rings (SSSR count). The summed E-state index contributed by atoms with van der Waals surface area (Å²) in [6, 6.07) is 17.6. The predicted octanol–water partition coefficient (Wildman–Crippen LogP) is 4.66. The van der Waals surface area contributed by atoms with E-state index in [0.717, 1.165) is 11.3 Å². The van der Waals surface area contributed by atoms with Crippen LogP contribution in [0.25, 0.3) is 0 Å². The molecule has 2 N–H and O–H groups in total. The highest BCUT2D eigenvalue weighted by atomic mass is 35.5. The Kier molecular flexibility index (Phi) is 7.84. The molecule has 0 aromatic heterocycles. The molecular weight excluding hydrogens is 464 g/mol. The van der Waals surface area contributed by atoms with Crippen LogP contribution in [0.5, 0.6) is 11.5 Å². The van der Waals surface area contributed by atoms with Gasteiger partial charge in [-0.3, -0.25) is 9.52 Å². The van der Waals surface area contributed by atoms with Crippen molar-refractivity contribution in [2.24, 2.45) is 0 Å². The van der Waals surface area contributed by atoms with Gasteiger partial charge in [-0.15, -0.1) is 0 Å². The van der Waals surface area contributed by atoms with Crippen molar-refractivity contribution in [2.45, 2.75) is 24.8 Å². The third-order valence-electron chi connectivity index (χ3n) is 4.73. The molecule has 0 bridgehead atoms. The maximum atomic E-state index is 12.8. The first kappa shape index (κ1) is 24.4. The zero-order valence-corrected chi connectivity index (χ0v) is 20.0. The van der Waals surface area contributed by atoms with E-state index in [0.29, 0.717) is 5.75 Å². The number of benzene rings is 3. The van der Waals surface area contributed by atoms with Crippen LogP contribution in [0.2, 0.25) is 5.02 Å². The van der Waals surface area contributed by atoms with E-state index in [2.05, 4.69) is 10.0 Å². The van der Waals surface area contributed by atoms with E-state index in [1.54, 1.807) is 50.4 Å². The number of nitrogens with one attached hydrogen (secondary N) is 2. The third kappa shape index (κ3) is 6.63. The highest BCUT2D eigenvalue weighted by Gasteiger charge is 2.18. The summed E-state index contributed by atoms with van der Waals surface area (Å²) in [5, 5.41) is 3.01. The average Bonchev–Trinajstić information content (AvgIpc) is 2.79. The Hall–Kier alpha value is -3.23. The number of hydrogen-bond donors (Lipinski definition) is 2. The zero-order valence-electron chi connectivity index (χ0n) is 18.5. The summed E-state index contributed by atoms with van der Waals surface area (Å²) in [6.45, 7) is 3.89. The Balaban J connectivity index is 1.65. The van der Waals surface area contributed by atoms with Gasteiger partial charge in [0.25, 0.3) is 15.9 Å². The summed E-state index contributed by atoms with van der Waals surface area (Å²) in [5.41, 5.74) is 1.33. The van der Waals surface area contributed by atoms with Crippen LogP contribution in [0.4, 0.5) is 5.69 Å². The van der Waals surface area contributed by atoms with Gasteiger partial charge in [-0.25, -0.2) is 8.42 Å². The monoisotopic (exact) mass is 488 g/mol. The van der Waals surface area contributed by atoms with E-state index in [4.69, 9.17) is 21.1 Å². The summed E-state index contributed by atoms with van der Waals surface area (Å²) in [4.78, 5) is 12.9. The molecule has 9 heteroatoms. The van der Waals surface area contributed by atoms with Gasteiger partial charge in [-0.2, -0.15) is 0 Å². The molecule has 3 aromatic rings. The number of amides is 1. The number of halogens is 1. The molecular formula is C24H25ClN2O5S. The summed E-state index contributed by atoms with van der Waals surface area (Å²) in [7, 11) is -2.22. The largest absolute Gasteiger partial charge is 0.497 e. The minimum Gasteiger partial charge on any atom is -0.497 e. The van der Waals surface area contributed by atoms with Crippen molar-refractivity contribution in [3.05, 3.63) is 82.9 Å². The highest BCUT2D eigenvalue weighted by molar-refractivity contribution is 7.92. The lowest BCUT2D eigenvalue weighted by molar-refractivity contribution is 0.0927. The first-order valence-corrected chi connectivity index (χ1v) is 12.0. The second kappa shape index (κ2) is 10.6. The summed E-state index contributed by atoms with van der Waals surface area (Å²) in [6.07, 6.45) is 0. The highest BCUT2D eigenvalue weighted by Crippen LogP contribution is 2.23. The van der Waals surface area contributed by atoms with E-state index in [1.165, 1.54) is 30.3 Å². The van der Waals surface area contributed by atoms with Crippen molar-refractivity contribution in [1.29, 1.82) is 0 Å². The number of hydrogen-bond acceptors (Lipinski definition) is 5. The quantitative estimate of drug-likeness (QED) is 0.457. The number of aryl methyl sites for hydroxylation is 1. The number of carbonyl (C=O) groups excluding carboxylic acids is 1. The van der Waals surface area contributed by atoms with Gasteiger partial charge in [0.15, 0.2) is 0 Å². The lowest BCUT2D eigenvalue weighted by atomic mass is 10.2. The molecule has 0 spiro atoms. The molecule has 0 aliphatic rings. The first-order valence-electron chi connectivity index (χ1n) is 10.1.